The summed E-state index contributed by atoms with van der Waals surface area (Å²) in [6.07, 6.45) is -1.75. The minimum Gasteiger partial charge on any atom is -0.389 e. The van der Waals surface area contributed by atoms with Crippen molar-refractivity contribution in [2.24, 2.45) is 0 Å². The number of morpholine rings is 1. The van der Waals surface area contributed by atoms with Gasteiger partial charge in [-0.2, -0.15) is 0 Å². The Morgan fingerprint density at radius 2 is 2.18 bits per heavy atom. The number of anilines is 1. The summed E-state index contributed by atoms with van der Waals surface area (Å²) in [7, 11) is 0. The van der Waals surface area contributed by atoms with Crippen LogP contribution in [0.15, 0.2) is 5.38 Å². The van der Waals surface area contributed by atoms with Crippen molar-refractivity contribution in [3.05, 3.63) is 11.1 Å². The number of hydrogen-bond acceptors (Lipinski definition) is 6. The van der Waals surface area contributed by atoms with Gasteiger partial charge >= 0.3 is 0 Å². The Kier molecular flexibility index (Phi) is 4.75. The van der Waals surface area contributed by atoms with Gasteiger partial charge in [0.2, 0.25) is 0 Å². The maximum atomic E-state index is 9.82. The van der Waals surface area contributed by atoms with E-state index in [0.29, 0.717) is 24.2 Å². The number of nitrogens with zero attached hydrogens (tertiary/aromatic N) is 2. The van der Waals surface area contributed by atoms with Crippen molar-refractivity contribution in [2.45, 2.75) is 12.2 Å². The van der Waals surface area contributed by atoms with Crippen molar-refractivity contribution in [1.29, 1.82) is 0 Å². The van der Waals surface area contributed by atoms with Gasteiger partial charge in [-0.25, -0.2) is 4.98 Å². The van der Waals surface area contributed by atoms with E-state index in [2.05, 4.69) is 25.8 Å². The molecule has 2 rings (SSSR count). The lowest BCUT2D eigenvalue weighted by atomic mass is 10.2. The Morgan fingerprint density at radius 3 is 2.82 bits per heavy atom. The lowest BCUT2D eigenvalue weighted by Gasteiger charge is -2.26. The molecule has 1 aliphatic rings. The van der Waals surface area contributed by atoms with Crippen molar-refractivity contribution >= 4 is 32.4 Å². The fraction of sp³-hybridized carbons (Fsp3) is 0.700. The van der Waals surface area contributed by atoms with Crippen LogP contribution in [0, 0.1) is 0 Å². The second-order valence-electron chi connectivity index (χ2n) is 3.82. The monoisotopic (exact) mass is 322 g/mol. The van der Waals surface area contributed by atoms with E-state index < -0.39 is 12.2 Å². The first kappa shape index (κ1) is 13.2. The number of halogens is 1. The molecule has 0 radical (unpaired) electrons. The third-order valence-electron chi connectivity index (χ3n) is 2.62. The highest BCUT2D eigenvalue weighted by Crippen LogP contribution is 2.26. The predicted molar refractivity (Wildman–Crippen MR) is 69.9 cm³/mol. The first-order chi connectivity index (χ1) is 8.22. The summed E-state index contributed by atoms with van der Waals surface area (Å²) in [6.45, 7) is 3.07. The molecule has 1 saturated heterocycles. The zero-order valence-electron chi connectivity index (χ0n) is 9.25. The summed E-state index contributed by atoms with van der Waals surface area (Å²) in [5.41, 5.74) is 0.531. The normalized spacial score (nSPS) is 20.3. The van der Waals surface area contributed by atoms with Gasteiger partial charge in [0.05, 0.1) is 25.0 Å². The fourth-order valence-corrected chi connectivity index (χ4v) is 2.86. The van der Waals surface area contributed by atoms with Gasteiger partial charge in [0, 0.05) is 23.8 Å². The molecule has 1 aromatic rings. The van der Waals surface area contributed by atoms with E-state index in [-0.39, 0.29) is 0 Å². The molecular formula is C10H15BrN2O3S. The Bertz CT molecular complexity index is 341. The Labute approximate surface area is 112 Å². The fourth-order valence-electron chi connectivity index (χ4n) is 1.59. The summed E-state index contributed by atoms with van der Waals surface area (Å²) in [6, 6.07) is 0. The first-order valence-corrected chi connectivity index (χ1v) is 7.42. The van der Waals surface area contributed by atoms with Crippen LogP contribution in [0.5, 0.6) is 0 Å². The average molecular weight is 323 g/mol. The average Bonchev–Trinajstić information content (AvgIpc) is 2.87. The van der Waals surface area contributed by atoms with Gasteiger partial charge in [-0.1, -0.05) is 15.9 Å². The van der Waals surface area contributed by atoms with Crippen molar-refractivity contribution in [2.75, 3.05) is 36.5 Å². The Hall–Kier alpha value is -0.210. The molecule has 5 nitrogen and oxygen atoms in total. The number of aliphatic hydroxyl groups excluding tert-OH is 2. The number of rotatable bonds is 4. The summed E-state index contributed by atoms with van der Waals surface area (Å²) in [5, 5.41) is 22.4. The highest BCUT2D eigenvalue weighted by Gasteiger charge is 2.22. The van der Waals surface area contributed by atoms with Gasteiger partial charge in [-0.05, 0) is 0 Å². The van der Waals surface area contributed by atoms with Crippen molar-refractivity contribution < 1.29 is 14.9 Å². The summed E-state index contributed by atoms with van der Waals surface area (Å²) < 4.78 is 5.27. The van der Waals surface area contributed by atoms with Gasteiger partial charge in [0.25, 0.3) is 0 Å². The van der Waals surface area contributed by atoms with Crippen molar-refractivity contribution in [3.8, 4) is 0 Å². The van der Waals surface area contributed by atoms with Gasteiger partial charge in [-0.3, -0.25) is 0 Å². The summed E-state index contributed by atoms with van der Waals surface area (Å²) >= 11 is 4.62. The highest BCUT2D eigenvalue weighted by atomic mass is 79.9. The van der Waals surface area contributed by atoms with Crippen LogP contribution < -0.4 is 4.90 Å². The van der Waals surface area contributed by atoms with E-state index in [4.69, 9.17) is 4.74 Å². The molecule has 7 heteroatoms. The molecule has 0 saturated carbocycles. The molecule has 1 fully saturated rings. The molecule has 0 amide bonds. The predicted octanol–water partition coefficient (Wildman–Crippen LogP) is 0.769. The molecule has 1 aliphatic heterocycles. The highest BCUT2D eigenvalue weighted by molar-refractivity contribution is 9.09. The number of alkyl halides is 1. The molecule has 2 N–H and O–H groups in total. The molecular weight excluding hydrogens is 308 g/mol. The van der Waals surface area contributed by atoms with Crippen LogP contribution in [0.25, 0.3) is 0 Å². The zero-order valence-corrected chi connectivity index (χ0v) is 11.7. The molecule has 0 bridgehead atoms. The van der Waals surface area contributed by atoms with Crippen LogP contribution in [0.1, 0.15) is 11.8 Å². The third kappa shape index (κ3) is 3.17. The minimum atomic E-state index is -0.930. The van der Waals surface area contributed by atoms with Crippen LogP contribution >= 0.6 is 27.3 Å². The van der Waals surface area contributed by atoms with Crippen LogP contribution in [0.4, 0.5) is 5.13 Å². The largest absolute Gasteiger partial charge is 0.389 e. The SMILES string of the molecule is OC(CBr)C(O)c1csc(N2CCOCC2)n1. The van der Waals surface area contributed by atoms with Crippen LogP contribution in [-0.2, 0) is 4.74 Å². The number of ether oxygens (including phenoxy) is 1. The van der Waals surface area contributed by atoms with Crippen LogP contribution in [-0.4, -0.2) is 52.9 Å². The van der Waals surface area contributed by atoms with Crippen molar-refractivity contribution in [3.63, 3.8) is 0 Å². The van der Waals surface area contributed by atoms with E-state index >= 15 is 0 Å². The van der Waals surface area contributed by atoms with E-state index in [9.17, 15) is 10.2 Å². The molecule has 0 spiro atoms. The number of aliphatic hydroxyl groups is 2. The molecule has 0 aromatic carbocycles. The van der Waals surface area contributed by atoms with Crippen LogP contribution in [0.2, 0.25) is 0 Å². The second-order valence-corrected chi connectivity index (χ2v) is 5.30. The summed E-state index contributed by atoms with van der Waals surface area (Å²) in [4.78, 5) is 6.49. The lowest BCUT2D eigenvalue weighted by molar-refractivity contribution is 0.0319. The van der Waals surface area contributed by atoms with E-state index in [1.54, 1.807) is 5.38 Å². The van der Waals surface area contributed by atoms with Gasteiger partial charge < -0.3 is 19.8 Å². The molecule has 96 valence electrons. The molecule has 2 heterocycles. The molecule has 2 unspecified atom stereocenters. The maximum Gasteiger partial charge on any atom is 0.185 e. The minimum absolute atomic E-state index is 0.332. The number of aromatic nitrogens is 1. The van der Waals surface area contributed by atoms with E-state index in [1.165, 1.54) is 11.3 Å². The maximum absolute atomic E-state index is 9.82. The number of hydrogen-bond donors (Lipinski definition) is 2. The first-order valence-electron chi connectivity index (χ1n) is 5.42. The standard InChI is InChI=1S/C10H15BrN2O3S/c11-5-8(14)9(15)7-6-17-10(12-7)13-1-3-16-4-2-13/h6,8-9,14-15H,1-5H2. The Balaban J connectivity index is 2.04. The van der Waals surface area contributed by atoms with Gasteiger partial charge in [0.15, 0.2) is 5.13 Å². The smallest absolute Gasteiger partial charge is 0.185 e. The second kappa shape index (κ2) is 6.10. The van der Waals surface area contributed by atoms with Gasteiger partial charge in [0.1, 0.15) is 6.10 Å². The number of thiazole rings is 1. The van der Waals surface area contributed by atoms with E-state index in [0.717, 1.165) is 18.2 Å². The molecule has 0 aliphatic carbocycles. The lowest BCUT2D eigenvalue weighted by Crippen LogP contribution is -2.36. The zero-order chi connectivity index (χ0) is 12.3. The molecule has 17 heavy (non-hydrogen) atoms. The Morgan fingerprint density at radius 1 is 1.47 bits per heavy atom. The van der Waals surface area contributed by atoms with Crippen LogP contribution in [0.3, 0.4) is 0 Å². The summed E-state index contributed by atoms with van der Waals surface area (Å²) in [5.74, 6) is 0. The topological polar surface area (TPSA) is 65.8 Å². The van der Waals surface area contributed by atoms with Gasteiger partial charge in [-0.15, -0.1) is 11.3 Å². The molecule has 2 atom stereocenters. The molecule has 1 aromatic heterocycles. The van der Waals surface area contributed by atoms with Crippen molar-refractivity contribution in [1.82, 2.24) is 4.98 Å². The van der Waals surface area contributed by atoms with E-state index in [1.807, 2.05) is 0 Å². The quantitative estimate of drug-likeness (QED) is 0.801. The third-order valence-corrected chi connectivity index (χ3v) is 4.20.